The van der Waals surface area contributed by atoms with Crippen LogP contribution in [-0.2, 0) is 27.9 Å². The molecule has 0 saturated carbocycles. The molecule has 0 bridgehead atoms. The van der Waals surface area contributed by atoms with Crippen LogP contribution in [0, 0.1) is 0 Å². The van der Waals surface area contributed by atoms with Gasteiger partial charge in [-0.2, -0.15) is 0 Å². The number of hydrogen-bond acceptors (Lipinski definition) is 4. The van der Waals surface area contributed by atoms with Crippen LogP contribution in [0.2, 0.25) is 0 Å². The quantitative estimate of drug-likeness (QED) is 0.504. The number of hydrogen-bond donors (Lipinski definition) is 3. The van der Waals surface area contributed by atoms with Crippen molar-refractivity contribution in [2.45, 2.75) is 24.9 Å². The summed E-state index contributed by atoms with van der Waals surface area (Å²) in [5.74, 6) is -0.429. The maximum atomic E-state index is 12.5. The molecular formula is C23H23N3O4S. The number of anilines is 1. The van der Waals surface area contributed by atoms with Crippen molar-refractivity contribution in [1.29, 1.82) is 0 Å². The molecule has 0 radical (unpaired) electrons. The van der Waals surface area contributed by atoms with Gasteiger partial charge in [0.2, 0.25) is 15.9 Å². The number of carbonyl (C=O) groups excluding carboxylic acids is 2. The molecule has 0 aliphatic rings. The van der Waals surface area contributed by atoms with Crippen LogP contribution in [-0.4, -0.2) is 20.2 Å². The number of sulfonamides is 1. The molecule has 0 spiro atoms. The summed E-state index contributed by atoms with van der Waals surface area (Å²) in [5.41, 5.74) is 2.74. The molecule has 3 aromatic rings. The topological polar surface area (TPSA) is 104 Å². The SMILES string of the molecule is CC(=O)Nc1ccc(S(=O)(=O)NCc2ccc(C(=O)NCc3ccccc3)cc2)cc1. The van der Waals surface area contributed by atoms with Gasteiger partial charge in [-0.25, -0.2) is 13.1 Å². The normalized spacial score (nSPS) is 11.0. The molecule has 0 unspecified atom stereocenters. The molecule has 0 saturated heterocycles. The smallest absolute Gasteiger partial charge is 0.251 e. The van der Waals surface area contributed by atoms with Crippen LogP contribution in [0.15, 0.2) is 83.8 Å². The van der Waals surface area contributed by atoms with E-state index in [-0.39, 0.29) is 23.3 Å². The Bertz CT molecular complexity index is 1140. The Hall–Kier alpha value is -3.49. The second kappa shape index (κ2) is 10.0. The van der Waals surface area contributed by atoms with Gasteiger partial charge in [-0.1, -0.05) is 42.5 Å². The monoisotopic (exact) mass is 437 g/mol. The average molecular weight is 438 g/mol. The minimum absolute atomic E-state index is 0.0850. The van der Waals surface area contributed by atoms with Gasteiger partial charge in [0.25, 0.3) is 5.91 Å². The minimum Gasteiger partial charge on any atom is -0.348 e. The van der Waals surface area contributed by atoms with Gasteiger partial charge in [0.15, 0.2) is 0 Å². The fourth-order valence-electron chi connectivity index (χ4n) is 2.84. The average Bonchev–Trinajstić information content (AvgIpc) is 2.77. The Morgan fingerprint density at radius 2 is 1.39 bits per heavy atom. The van der Waals surface area contributed by atoms with Crippen molar-refractivity contribution < 1.29 is 18.0 Å². The number of carbonyl (C=O) groups is 2. The van der Waals surface area contributed by atoms with Crippen molar-refractivity contribution in [3.05, 3.63) is 95.6 Å². The summed E-state index contributed by atoms with van der Waals surface area (Å²) < 4.78 is 27.5. The van der Waals surface area contributed by atoms with E-state index in [9.17, 15) is 18.0 Å². The standard InChI is InChI=1S/C23H23N3O4S/c1-17(27)26-21-11-13-22(14-12-21)31(29,30)25-16-19-7-9-20(10-8-19)23(28)24-15-18-5-3-2-4-6-18/h2-14,25H,15-16H2,1H3,(H,24,28)(H,26,27). The van der Waals surface area contributed by atoms with Crippen molar-refractivity contribution in [3.8, 4) is 0 Å². The molecule has 2 amide bonds. The molecule has 0 heterocycles. The molecule has 0 aromatic heterocycles. The Morgan fingerprint density at radius 3 is 2.00 bits per heavy atom. The first-order valence-electron chi connectivity index (χ1n) is 9.62. The highest BCUT2D eigenvalue weighted by Crippen LogP contribution is 2.15. The number of nitrogens with one attached hydrogen (secondary N) is 3. The van der Waals surface area contributed by atoms with Gasteiger partial charge in [-0.15, -0.1) is 0 Å². The van der Waals surface area contributed by atoms with E-state index >= 15 is 0 Å². The lowest BCUT2D eigenvalue weighted by molar-refractivity contribution is -0.114. The van der Waals surface area contributed by atoms with E-state index in [1.807, 2.05) is 30.3 Å². The van der Waals surface area contributed by atoms with Crippen LogP contribution in [0.4, 0.5) is 5.69 Å². The van der Waals surface area contributed by atoms with Crippen LogP contribution >= 0.6 is 0 Å². The number of benzene rings is 3. The molecule has 8 heteroatoms. The third-order valence-corrected chi connectivity index (χ3v) is 5.88. The first kappa shape index (κ1) is 22.2. The van der Waals surface area contributed by atoms with Crippen LogP contribution < -0.4 is 15.4 Å². The van der Waals surface area contributed by atoms with Crippen molar-refractivity contribution in [1.82, 2.24) is 10.0 Å². The van der Waals surface area contributed by atoms with Crippen molar-refractivity contribution in [3.63, 3.8) is 0 Å². The van der Waals surface area contributed by atoms with E-state index in [1.54, 1.807) is 24.3 Å². The summed E-state index contributed by atoms with van der Waals surface area (Å²) >= 11 is 0. The highest BCUT2D eigenvalue weighted by atomic mass is 32.2. The lowest BCUT2D eigenvalue weighted by Crippen LogP contribution is -2.24. The molecule has 31 heavy (non-hydrogen) atoms. The second-order valence-electron chi connectivity index (χ2n) is 6.90. The maximum absolute atomic E-state index is 12.5. The third-order valence-electron chi connectivity index (χ3n) is 4.46. The first-order chi connectivity index (χ1) is 14.8. The summed E-state index contributed by atoms with van der Waals surface area (Å²) in [6, 6.07) is 22.2. The minimum atomic E-state index is -3.71. The fourth-order valence-corrected chi connectivity index (χ4v) is 3.85. The van der Waals surface area contributed by atoms with E-state index < -0.39 is 10.0 Å². The van der Waals surface area contributed by atoms with Crippen LogP contribution in [0.3, 0.4) is 0 Å². The molecule has 3 aromatic carbocycles. The summed E-state index contributed by atoms with van der Waals surface area (Å²) in [6.07, 6.45) is 0. The predicted octanol–water partition coefficient (Wildman–Crippen LogP) is 3.05. The Balaban J connectivity index is 1.55. The largest absolute Gasteiger partial charge is 0.348 e. The Morgan fingerprint density at radius 1 is 0.774 bits per heavy atom. The molecule has 0 atom stereocenters. The predicted molar refractivity (Wildman–Crippen MR) is 119 cm³/mol. The van der Waals surface area contributed by atoms with Crippen molar-refractivity contribution >= 4 is 27.5 Å². The molecule has 7 nitrogen and oxygen atoms in total. The molecule has 160 valence electrons. The second-order valence-corrected chi connectivity index (χ2v) is 8.66. The van der Waals surface area contributed by atoms with Crippen LogP contribution in [0.25, 0.3) is 0 Å². The molecule has 0 fully saturated rings. The lowest BCUT2D eigenvalue weighted by Gasteiger charge is -2.09. The van der Waals surface area contributed by atoms with Crippen molar-refractivity contribution in [2.24, 2.45) is 0 Å². The first-order valence-corrected chi connectivity index (χ1v) is 11.1. The zero-order valence-corrected chi connectivity index (χ0v) is 17.8. The van der Waals surface area contributed by atoms with Gasteiger partial charge < -0.3 is 10.6 Å². The zero-order valence-electron chi connectivity index (χ0n) is 17.0. The maximum Gasteiger partial charge on any atom is 0.251 e. The van der Waals surface area contributed by atoms with Gasteiger partial charge in [0.05, 0.1) is 4.90 Å². The summed E-state index contributed by atoms with van der Waals surface area (Å²) in [4.78, 5) is 23.4. The molecular weight excluding hydrogens is 414 g/mol. The molecule has 0 aliphatic carbocycles. The summed E-state index contributed by atoms with van der Waals surface area (Å²) in [6.45, 7) is 1.90. The van der Waals surface area contributed by atoms with Crippen LogP contribution in [0.5, 0.6) is 0 Å². The van der Waals surface area contributed by atoms with Gasteiger partial charge >= 0.3 is 0 Å². The molecule has 3 rings (SSSR count). The lowest BCUT2D eigenvalue weighted by atomic mass is 10.1. The fraction of sp³-hybridized carbons (Fsp3) is 0.130. The summed E-state index contributed by atoms with van der Waals surface area (Å²) in [5, 5.41) is 5.44. The summed E-state index contributed by atoms with van der Waals surface area (Å²) in [7, 11) is -3.71. The zero-order chi connectivity index (χ0) is 22.3. The molecule has 3 N–H and O–H groups in total. The highest BCUT2D eigenvalue weighted by Gasteiger charge is 2.14. The van der Waals surface area contributed by atoms with Gasteiger partial charge in [0, 0.05) is 31.3 Å². The van der Waals surface area contributed by atoms with Gasteiger partial charge in [-0.3, -0.25) is 9.59 Å². The highest BCUT2D eigenvalue weighted by molar-refractivity contribution is 7.89. The number of rotatable bonds is 8. The van der Waals surface area contributed by atoms with E-state index in [0.717, 1.165) is 11.1 Å². The van der Waals surface area contributed by atoms with E-state index in [1.165, 1.54) is 31.2 Å². The number of amides is 2. The van der Waals surface area contributed by atoms with E-state index in [0.29, 0.717) is 17.8 Å². The Kier molecular flexibility index (Phi) is 7.17. The Labute approximate surface area is 181 Å². The van der Waals surface area contributed by atoms with E-state index in [4.69, 9.17) is 0 Å². The van der Waals surface area contributed by atoms with Gasteiger partial charge in [-0.05, 0) is 47.5 Å². The third kappa shape index (κ3) is 6.50. The van der Waals surface area contributed by atoms with Gasteiger partial charge in [0.1, 0.15) is 0 Å². The van der Waals surface area contributed by atoms with E-state index in [2.05, 4.69) is 15.4 Å². The van der Waals surface area contributed by atoms with Crippen molar-refractivity contribution in [2.75, 3.05) is 5.32 Å². The molecule has 0 aliphatic heterocycles. The van der Waals surface area contributed by atoms with Crippen LogP contribution in [0.1, 0.15) is 28.4 Å².